The van der Waals surface area contributed by atoms with E-state index in [1.807, 2.05) is 6.07 Å². The summed E-state index contributed by atoms with van der Waals surface area (Å²) >= 11 is 0. The van der Waals surface area contributed by atoms with Gasteiger partial charge in [-0.25, -0.2) is 17.6 Å². The minimum Gasteiger partial charge on any atom is -0.487 e. The Labute approximate surface area is 233 Å². The summed E-state index contributed by atoms with van der Waals surface area (Å²) in [4.78, 5) is 25.0. The summed E-state index contributed by atoms with van der Waals surface area (Å²) in [6, 6.07) is 12.3. The number of aliphatic carboxylic acids is 1. The van der Waals surface area contributed by atoms with Crippen molar-refractivity contribution in [3.05, 3.63) is 65.5 Å². The number of carbonyl (C=O) groups is 2. The zero-order valence-corrected chi connectivity index (χ0v) is 23.4. The number of hydrogen-bond acceptors (Lipinski definition) is 7. The second-order valence-electron chi connectivity index (χ2n) is 10.2. The molecular weight excluding hydrogens is 541 g/mol. The summed E-state index contributed by atoms with van der Waals surface area (Å²) in [6.07, 6.45) is 3.20. The van der Waals surface area contributed by atoms with Crippen LogP contribution in [0.25, 0.3) is 6.08 Å². The number of amides is 1. The number of sulfonamides is 1. The fraction of sp³-hybridized carbons (Fsp3) is 0.393. The number of anilines is 1. The number of nitriles is 1. The number of carboxylic acids is 1. The van der Waals surface area contributed by atoms with Crippen LogP contribution in [0.1, 0.15) is 44.7 Å². The van der Waals surface area contributed by atoms with Gasteiger partial charge in [0.15, 0.2) is 17.3 Å². The molecule has 2 aromatic rings. The molecule has 40 heavy (non-hydrogen) atoms. The number of ether oxygens (including phenoxy) is 2. The third kappa shape index (κ3) is 8.71. The van der Waals surface area contributed by atoms with Crippen molar-refractivity contribution in [1.29, 1.82) is 5.26 Å². The van der Waals surface area contributed by atoms with Crippen molar-refractivity contribution >= 4 is 33.8 Å². The number of halogens is 1. The first kappa shape index (κ1) is 30.4. The maximum atomic E-state index is 15.1. The first-order valence-electron chi connectivity index (χ1n) is 12.6. The van der Waals surface area contributed by atoms with E-state index < -0.39 is 39.3 Å². The Morgan fingerprint density at radius 2 is 1.90 bits per heavy atom. The Morgan fingerprint density at radius 3 is 2.50 bits per heavy atom. The van der Waals surface area contributed by atoms with E-state index in [4.69, 9.17) is 19.8 Å². The van der Waals surface area contributed by atoms with Crippen molar-refractivity contribution in [3.8, 4) is 11.8 Å². The van der Waals surface area contributed by atoms with Gasteiger partial charge >= 0.3 is 12.1 Å². The topological polar surface area (TPSA) is 137 Å². The van der Waals surface area contributed by atoms with Crippen LogP contribution in [0.15, 0.2) is 48.5 Å². The molecule has 1 N–H and O–H groups in total. The highest BCUT2D eigenvalue weighted by atomic mass is 32.2. The summed E-state index contributed by atoms with van der Waals surface area (Å²) in [6.45, 7) is 5.84. The molecule has 214 valence electrons. The van der Waals surface area contributed by atoms with Crippen LogP contribution in [0.5, 0.6) is 5.75 Å². The highest BCUT2D eigenvalue weighted by Crippen LogP contribution is 2.28. The lowest BCUT2D eigenvalue weighted by Crippen LogP contribution is -2.44. The zero-order chi connectivity index (χ0) is 29.5. The monoisotopic (exact) mass is 573 g/mol. The van der Waals surface area contributed by atoms with Crippen LogP contribution >= 0.6 is 0 Å². The van der Waals surface area contributed by atoms with Gasteiger partial charge in [0, 0.05) is 32.0 Å². The van der Waals surface area contributed by atoms with E-state index in [2.05, 4.69) is 0 Å². The Bertz CT molecular complexity index is 1410. The second kappa shape index (κ2) is 12.8. The molecule has 0 atom stereocenters. The Hall–Kier alpha value is -4.11. The molecule has 1 heterocycles. The molecule has 2 aromatic carbocycles. The Morgan fingerprint density at radius 1 is 1.20 bits per heavy atom. The average molecular weight is 574 g/mol. The molecule has 3 rings (SSSR count). The predicted molar refractivity (Wildman–Crippen MR) is 147 cm³/mol. The van der Waals surface area contributed by atoms with Crippen molar-refractivity contribution in [2.45, 2.75) is 45.3 Å². The first-order chi connectivity index (χ1) is 18.8. The predicted octanol–water partition coefficient (Wildman–Crippen LogP) is 4.41. The number of benzene rings is 2. The van der Waals surface area contributed by atoms with Crippen molar-refractivity contribution in [2.24, 2.45) is 0 Å². The molecule has 0 radical (unpaired) electrons. The molecular formula is C28H32FN3O7S. The lowest BCUT2D eigenvalue weighted by atomic mass is 10.1. The van der Waals surface area contributed by atoms with Crippen molar-refractivity contribution in [2.75, 3.05) is 29.7 Å². The van der Waals surface area contributed by atoms with E-state index in [0.29, 0.717) is 37.1 Å². The first-order valence-corrected chi connectivity index (χ1v) is 14.2. The highest BCUT2D eigenvalue weighted by molar-refractivity contribution is 7.93. The van der Waals surface area contributed by atoms with Crippen LogP contribution in [0.3, 0.4) is 0 Å². The molecule has 1 aliphatic heterocycles. The number of rotatable bonds is 9. The van der Waals surface area contributed by atoms with Gasteiger partial charge < -0.3 is 19.5 Å². The molecule has 1 aliphatic rings. The maximum Gasteiger partial charge on any atom is 0.410 e. The molecule has 12 heteroatoms. The minimum absolute atomic E-state index is 0.0683. The second-order valence-corrected chi connectivity index (χ2v) is 12.1. The molecule has 1 saturated heterocycles. The molecule has 0 unspecified atom stereocenters. The van der Waals surface area contributed by atoms with Gasteiger partial charge in [-0.3, -0.25) is 9.10 Å². The summed E-state index contributed by atoms with van der Waals surface area (Å²) < 4.78 is 52.8. The fourth-order valence-electron chi connectivity index (χ4n) is 4.01. The number of piperidine rings is 1. The molecule has 10 nitrogen and oxygen atoms in total. The summed E-state index contributed by atoms with van der Waals surface area (Å²) in [5, 5.41) is 18.2. The van der Waals surface area contributed by atoms with Crippen LogP contribution in [-0.2, 0) is 19.6 Å². The van der Waals surface area contributed by atoms with E-state index in [1.165, 1.54) is 18.2 Å². The van der Waals surface area contributed by atoms with Crippen molar-refractivity contribution in [3.63, 3.8) is 0 Å². The van der Waals surface area contributed by atoms with Crippen LogP contribution in [0.4, 0.5) is 14.9 Å². The zero-order valence-electron chi connectivity index (χ0n) is 22.5. The van der Waals surface area contributed by atoms with Crippen LogP contribution < -0.4 is 9.04 Å². The van der Waals surface area contributed by atoms with E-state index in [-0.39, 0.29) is 24.1 Å². The van der Waals surface area contributed by atoms with Gasteiger partial charge in [-0.2, -0.15) is 5.26 Å². The molecule has 0 aliphatic carbocycles. The number of carbonyl (C=O) groups excluding carboxylic acids is 1. The number of nitrogens with zero attached hydrogens (tertiary/aromatic N) is 3. The number of likely N-dealkylation sites (tertiary alicyclic amines) is 1. The quantitative estimate of drug-likeness (QED) is 0.466. The molecule has 0 spiro atoms. The SMILES string of the molecule is CC(C)(C)OC(=O)N1CCC(Oc2ccc(N(CC=Cc3cccc(C#N)c3)S(=O)(=O)CC(=O)O)cc2F)CC1. The van der Waals surface area contributed by atoms with E-state index >= 15 is 4.39 Å². The number of hydrogen-bond donors (Lipinski definition) is 1. The maximum absolute atomic E-state index is 15.1. The largest absolute Gasteiger partial charge is 0.487 e. The molecule has 0 saturated carbocycles. The third-order valence-electron chi connectivity index (χ3n) is 5.83. The van der Waals surface area contributed by atoms with Crippen molar-refractivity contribution < 1.29 is 37.0 Å². The third-order valence-corrected chi connectivity index (χ3v) is 7.47. The van der Waals surface area contributed by atoms with Crippen LogP contribution in [0, 0.1) is 17.1 Å². The Balaban J connectivity index is 1.73. The Kier molecular flexibility index (Phi) is 9.76. The van der Waals surface area contributed by atoms with Gasteiger partial charge in [0.25, 0.3) is 0 Å². The average Bonchev–Trinajstić information content (AvgIpc) is 2.86. The molecule has 1 amide bonds. The van der Waals surface area contributed by atoms with Crippen LogP contribution in [0.2, 0.25) is 0 Å². The van der Waals surface area contributed by atoms with Crippen LogP contribution in [-0.4, -0.2) is 67.6 Å². The summed E-state index contributed by atoms with van der Waals surface area (Å²) in [5.74, 6) is -3.62. The summed E-state index contributed by atoms with van der Waals surface area (Å²) in [5.41, 5.74) is 0.383. The molecule has 0 bridgehead atoms. The van der Waals surface area contributed by atoms with Crippen molar-refractivity contribution in [1.82, 2.24) is 4.90 Å². The van der Waals surface area contributed by atoms with Gasteiger partial charge in [-0.1, -0.05) is 24.3 Å². The van der Waals surface area contributed by atoms with E-state index in [9.17, 15) is 18.0 Å². The lowest BCUT2D eigenvalue weighted by molar-refractivity contribution is -0.134. The standard InChI is InChI=1S/C28H32FN3O7S/c1-28(2,3)39-27(35)31-14-11-23(12-15-31)38-25-10-9-22(17-24(25)29)32(40(36,37)19-26(33)34)13-5-8-20-6-4-7-21(16-20)18-30/h4-10,16-17,23H,11-15,19H2,1-3H3,(H,33,34). The molecule has 0 aromatic heterocycles. The lowest BCUT2D eigenvalue weighted by Gasteiger charge is -2.33. The highest BCUT2D eigenvalue weighted by Gasteiger charge is 2.29. The summed E-state index contributed by atoms with van der Waals surface area (Å²) in [7, 11) is -4.35. The molecule has 1 fully saturated rings. The van der Waals surface area contributed by atoms with Gasteiger partial charge in [0.1, 0.15) is 11.7 Å². The fourth-order valence-corrected chi connectivity index (χ4v) is 5.23. The number of carboxylic acid groups (broad SMARTS) is 1. The van der Waals surface area contributed by atoms with Gasteiger partial charge in [-0.05, 0) is 50.6 Å². The van der Waals surface area contributed by atoms with Gasteiger partial charge in [0.2, 0.25) is 10.0 Å². The normalized spacial score (nSPS) is 14.5. The van der Waals surface area contributed by atoms with E-state index in [0.717, 1.165) is 10.4 Å². The van der Waals surface area contributed by atoms with Gasteiger partial charge in [-0.15, -0.1) is 0 Å². The minimum atomic E-state index is -4.35. The van der Waals surface area contributed by atoms with Gasteiger partial charge in [0.05, 0.1) is 23.9 Å². The smallest absolute Gasteiger partial charge is 0.410 e. The van der Waals surface area contributed by atoms with E-state index in [1.54, 1.807) is 56.0 Å².